The van der Waals surface area contributed by atoms with Crippen molar-refractivity contribution in [1.82, 2.24) is 14.7 Å². The summed E-state index contributed by atoms with van der Waals surface area (Å²) in [5.41, 5.74) is 0.788. The third kappa shape index (κ3) is 4.04. The van der Waals surface area contributed by atoms with Crippen LogP contribution in [0.5, 0.6) is 0 Å². The van der Waals surface area contributed by atoms with Crippen molar-refractivity contribution in [3.63, 3.8) is 0 Å². The van der Waals surface area contributed by atoms with E-state index >= 15 is 0 Å². The number of likely N-dealkylation sites (N-methyl/N-ethyl adjacent to an activating group) is 1. The fourth-order valence-corrected chi connectivity index (χ4v) is 3.37. The number of hydrogen-bond donors (Lipinski definition) is 0. The summed E-state index contributed by atoms with van der Waals surface area (Å²) < 4.78 is 14.0. The number of carbonyl (C=O) groups is 4. The molecule has 5 amide bonds. The minimum absolute atomic E-state index is 0.115. The van der Waals surface area contributed by atoms with Crippen LogP contribution in [0.15, 0.2) is 48.5 Å². The molecule has 1 aliphatic heterocycles. The molecular formula is C21H19ClFN3O4. The summed E-state index contributed by atoms with van der Waals surface area (Å²) >= 11 is 5.98. The quantitative estimate of drug-likeness (QED) is 0.520. The average Bonchev–Trinajstić information content (AvgIpc) is 2.94. The minimum Gasteiger partial charge on any atom is -0.340 e. The van der Waals surface area contributed by atoms with E-state index < -0.39 is 42.2 Å². The summed E-state index contributed by atoms with van der Waals surface area (Å²) in [6, 6.07) is 11.4. The highest BCUT2D eigenvalue weighted by Gasteiger charge is 2.47. The molecule has 0 spiro atoms. The molecule has 156 valence electrons. The number of imide groups is 2. The lowest BCUT2D eigenvalue weighted by Gasteiger charge is -2.23. The van der Waals surface area contributed by atoms with Gasteiger partial charge in [0.15, 0.2) is 0 Å². The fraction of sp³-hybridized carbons (Fsp3) is 0.238. The molecule has 2 aromatic carbocycles. The molecule has 9 heteroatoms. The molecule has 1 heterocycles. The van der Waals surface area contributed by atoms with E-state index in [9.17, 15) is 23.6 Å². The van der Waals surface area contributed by atoms with Gasteiger partial charge >= 0.3 is 17.8 Å². The number of urea groups is 1. The second kappa shape index (κ2) is 8.62. The molecule has 1 aliphatic rings. The Labute approximate surface area is 177 Å². The number of nitrogens with zero attached hydrogens (tertiary/aromatic N) is 3. The van der Waals surface area contributed by atoms with Gasteiger partial charge in [-0.1, -0.05) is 48.0 Å². The van der Waals surface area contributed by atoms with E-state index in [1.165, 1.54) is 25.2 Å². The van der Waals surface area contributed by atoms with Gasteiger partial charge in [0.1, 0.15) is 12.4 Å². The molecule has 3 rings (SSSR count). The zero-order chi connectivity index (χ0) is 22.0. The van der Waals surface area contributed by atoms with Crippen molar-refractivity contribution in [2.45, 2.75) is 19.5 Å². The number of halogens is 2. The standard InChI is InChI=1S/C21H19ClFN3O4/c1-13(14-7-4-3-5-8-14)26-20(29)19(28)25(21(26)30)12-18(27)24(2)11-15-16(22)9-6-10-17(15)23/h3-10,13H,11-12H2,1-2H3/t13-/m1/s1. The van der Waals surface area contributed by atoms with Crippen LogP contribution < -0.4 is 0 Å². The zero-order valence-corrected chi connectivity index (χ0v) is 17.1. The molecule has 2 aromatic rings. The van der Waals surface area contributed by atoms with Crippen LogP contribution in [0.2, 0.25) is 5.02 Å². The summed E-state index contributed by atoms with van der Waals surface area (Å²) in [4.78, 5) is 52.6. The van der Waals surface area contributed by atoms with Gasteiger partial charge in [-0.05, 0) is 24.6 Å². The first-order valence-corrected chi connectivity index (χ1v) is 9.51. The SMILES string of the molecule is C[C@H](c1ccccc1)N1C(=O)C(=O)N(CC(=O)N(C)Cc2c(F)cccc2Cl)C1=O. The highest BCUT2D eigenvalue weighted by Crippen LogP contribution is 2.26. The van der Waals surface area contributed by atoms with Gasteiger partial charge in [0.25, 0.3) is 0 Å². The number of amides is 5. The molecule has 1 saturated heterocycles. The van der Waals surface area contributed by atoms with Crippen LogP contribution in [-0.2, 0) is 20.9 Å². The van der Waals surface area contributed by atoms with Crippen molar-refractivity contribution in [3.8, 4) is 0 Å². The van der Waals surface area contributed by atoms with E-state index in [-0.39, 0.29) is 17.1 Å². The third-order valence-corrected chi connectivity index (χ3v) is 5.28. The Morgan fingerprint density at radius 3 is 2.37 bits per heavy atom. The molecular weight excluding hydrogens is 413 g/mol. The van der Waals surface area contributed by atoms with Crippen molar-refractivity contribution in [2.75, 3.05) is 13.6 Å². The Morgan fingerprint density at radius 2 is 1.73 bits per heavy atom. The second-order valence-corrected chi connectivity index (χ2v) is 7.29. The molecule has 0 radical (unpaired) electrons. The maximum absolute atomic E-state index is 14.0. The number of rotatable bonds is 6. The van der Waals surface area contributed by atoms with Gasteiger partial charge in [0.2, 0.25) is 5.91 Å². The van der Waals surface area contributed by atoms with Crippen molar-refractivity contribution < 1.29 is 23.6 Å². The molecule has 30 heavy (non-hydrogen) atoms. The second-order valence-electron chi connectivity index (χ2n) is 6.89. The largest absolute Gasteiger partial charge is 0.340 e. The first-order chi connectivity index (χ1) is 14.2. The predicted octanol–water partition coefficient (Wildman–Crippen LogP) is 2.99. The normalized spacial score (nSPS) is 15.0. The lowest BCUT2D eigenvalue weighted by atomic mass is 10.1. The molecule has 0 aromatic heterocycles. The van der Waals surface area contributed by atoms with Crippen molar-refractivity contribution in [3.05, 3.63) is 70.5 Å². The van der Waals surface area contributed by atoms with E-state index in [0.717, 1.165) is 9.80 Å². The van der Waals surface area contributed by atoms with Crippen molar-refractivity contribution >= 4 is 35.4 Å². The van der Waals surface area contributed by atoms with E-state index in [4.69, 9.17) is 11.6 Å². The van der Waals surface area contributed by atoms with Gasteiger partial charge in [0.05, 0.1) is 6.04 Å². The van der Waals surface area contributed by atoms with Gasteiger partial charge in [0, 0.05) is 24.2 Å². The highest BCUT2D eigenvalue weighted by molar-refractivity contribution is 6.45. The maximum atomic E-state index is 14.0. The topological polar surface area (TPSA) is 78.0 Å². The Kier molecular flexibility index (Phi) is 6.17. The highest BCUT2D eigenvalue weighted by atomic mass is 35.5. The summed E-state index contributed by atoms with van der Waals surface area (Å²) in [6.07, 6.45) is 0. The minimum atomic E-state index is -1.08. The van der Waals surface area contributed by atoms with Gasteiger partial charge < -0.3 is 4.90 Å². The van der Waals surface area contributed by atoms with Crippen LogP contribution in [0.25, 0.3) is 0 Å². The van der Waals surface area contributed by atoms with Crippen molar-refractivity contribution in [1.29, 1.82) is 0 Å². The van der Waals surface area contributed by atoms with E-state index in [1.54, 1.807) is 37.3 Å². The summed E-state index contributed by atoms with van der Waals surface area (Å²) in [5, 5.41) is 0.154. The summed E-state index contributed by atoms with van der Waals surface area (Å²) in [7, 11) is 1.39. The molecule has 0 unspecified atom stereocenters. The van der Waals surface area contributed by atoms with Crippen LogP contribution in [0, 0.1) is 5.82 Å². The number of carbonyl (C=O) groups excluding carboxylic acids is 4. The Hall–Kier alpha value is -3.26. The molecule has 0 saturated carbocycles. The molecule has 0 aliphatic carbocycles. The number of benzene rings is 2. The maximum Gasteiger partial charge on any atom is 0.335 e. The first-order valence-electron chi connectivity index (χ1n) is 9.13. The van der Waals surface area contributed by atoms with E-state index in [2.05, 4.69) is 0 Å². The van der Waals surface area contributed by atoms with Gasteiger partial charge in [-0.2, -0.15) is 0 Å². The summed E-state index contributed by atoms with van der Waals surface area (Å²) in [6.45, 7) is 0.832. The molecule has 7 nitrogen and oxygen atoms in total. The number of hydrogen-bond acceptors (Lipinski definition) is 4. The molecule has 1 atom stereocenters. The Bertz CT molecular complexity index is 994. The summed E-state index contributed by atoms with van der Waals surface area (Å²) in [5.74, 6) is -3.29. The Morgan fingerprint density at radius 1 is 1.07 bits per heavy atom. The van der Waals surface area contributed by atoms with Crippen LogP contribution in [0.1, 0.15) is 24.1 Å². The third-order valence-electron chi connectivity index (χ3n) is 4.93. The Balaban J connectivity index is 1.73. The average molecular weight is 432 g/mol. The molecule has 0 N–H and O–H groups in total. The van der Waals surface area contributed by atoms with E-state index in [0.29, 0.717) is 10.5 Å². The van der Waals surface area contributed by atoms with Gasteiger partial charge in [-0.3, -0.25) is 14.4 Å². The lowest BCUT2D eigenvalue weighted by molar-refractivity contribution is -0.145. The first kappa shape index (κ1) is 21.4. The van der Waals surface area contributed by atoms with Crippen LogP contribution in [0.4, 0.5) is 9.18 Å². The lowest BCUT2D eigenvalue weighted by Crippen LogP contribution is -2.42. The van der Waals surface area contributed by atoms with Gasteiger partial charge in [-0.25, -0.2) is 19.0 Å². The zero-order valence-electron chi connectivity index (χ0n) is 16.3. The molecule has 1 fully saturated rings. The smallest absolute Gasteiger partial charge is 0.335 e. The molecule has 0 bridgehead atoms. The van der Waals surface area contributed by atoms with E-state index in [1.807, 2.05) is 0 Å². The van der Waals surface area contributed by atoms with Crippen LogP contribution >= 0.6 is 11.6 Å². The fourth-order valence-electron chi connectivity index (χ4n) is 3.15. The monoisotopic (exact) mass is 431 g/mol. The van der Waals surface area contributed by atoms with Crippen molar-refractivity contribution in [2.24, 2.45) is 0 Å². The van der Waals surface area contributed by atoms with Gasteiger partial charge in [-0.15, -0.1) is 0 Å². The van der Waals surface area contributed by atoms with Crippen LogP contribution in [-0.4, -0.2) is 52.0 Å². The predicted molar refractivity (Wildman–Crippen MR) is 107 cm³/mol. The van der Waals surface area contributed by atoms with Crippen LogP contribution in [0.3, 0.4) is 0 Å².